The first kappa shape index (κ1) is 19.9. The zero-order valence-corrected chi connectivity index (χ0v) is 19.3. The fraction of sp³-hybridized carbons (Fsp3) is 0.875. The summed E-state index contributed by atoms with van der Waals surface area (Å²) in [6.07, 6.45) is 12.8. The molecule has 27 heavy (non-hydrogen) atoms. The molecule has 0 aromatic carbocycles. The smallest absolute Gasteiger partial charge is 0.184 e. The fourth-order valence-electron chi connectivity index (χ4n) is 7.47. The van der Waals surface area contributed by atoms with Gasteiger partial charge < -0.3 is 4.43 Å². The highest BCUT2D eigenvalue weighted by Gasteiger charge is 2.55. The second-order valence-corrected chi connectivity index (χ2v) is 15.6. The summed E-state index contributed by atoms with van der Waals surface area (Å²) < 4.78 is 6.48. The molecule has 0 heterocycles. The standard InChI is InChI=1S/C24H40O2Si/c1-6-23(25)22-12-11-21-20-9-7-16-15-17(26-27(3,4)5)8-10-18(16)19(20)13-14-24(21,22)2/h16-17,20-22H,6-15H2,1-5H3/t16?,17?,20-,21+,22-,24+/m1/s1. The van der Waals surface area contributed by atoms with Crippen molar-refractivity contribution in [2.45, 2.75) is 104 Å². The molecule has 2 unspecified atom stereocenters. The molecule has 4 aliphatic carbocycles. The Labute approximate surface area is 167 Å². The summed E-state index contributed by atoms with van der Waals surface area (Å²) >= 11 is 0. The Morgan fingerprint density at radius 3 is 2.56 bits per heavy atom. The van der Waals surface area contributed by atoms with Crippen molar-refractivity contribution in [1.82, 2.24) is 0 Å². The van der Waals surface area contributed by atoms with Gasteiger partial charge in [0.15, 0.2) is 8.32 Å². The lowest BCUT2D eigenvalue weighted by molar-refractivity contribution is -0.127. The van der Waals surface area contributed by atoms with E-state index >= 15 is 0 Å². The third-order valence-electron chi connectivity index (χ3n) is 8.55. The number of carbonyl (C=O) groups excluding carboxylic acids is 1. The molecule has 0 spiro atoms. The van der Waals surface area contributed by atoms with Gasteiger partial charge in [-0.15, -0.1) is 0 Å². The lowest BCUT2D eigenvalue weighted by Crippen LogP contribution is -2.43. The lowest BCUT2D eigenvalue weighted by Gasteiger charge is -2.51. The number of ketones is 1. The third kappa shape index (κ3) is 3.52. The molecule has 152 valence electrons. The summed E-state index contributed by atoms with van der Waals surface area (Å²) in [5, 5.41) is 0. The van der Waals surface area contributed by atoms with Crippen LogP contribution < -0.4 is 0 Å². The van der Waals surface area contributed by atoms with Crippen molar-refractivity contribution in [3.05, 3.63) is 11.1 Å². The van der Waals surface area contributed by atoms with Crippen LogP contribution in [-0.2, 0) is 9.22 Å². The van der Waals surface area contributed by atoms with Crippen LogP contribution in [0.5, 0.6) is 0 Å². The van der Waals surface area contributed by atoms with Crippen LogP contribution in [0.3, 0.4) is 0 Å². The molecule has 0 radical (unpaired) electrons. The highest BCUT2D eigenvalue weighted by atomic mass is 28.4. The van der Waals surface area contributed by atoms with E-state index in [4.69, 9.17) is 4.43 Å². The average Bonchev–Trinajstić information content (AvgIpc) is 2.96. The summed E-state index contributed by atoms with van der Waals surface area (Å²) in [7, 11) is -1.43. The highest BCUT2D eigenvalue weighted by molar-refractivity contribution is 6.69. The molecule has 2 nitrogen and oxygen atoms in total. The van der Waals surface area contributed by atoms with Gasteiger partial charge in [0.2, 0.25) is 0 Å². The van der Waals surface area contributed by atoms with E-state index < -0.39 is 8.32 Å². The average molecular weight is 389 g/mol. The minimum absolute atomic E-state index is 0.285. The van der Waals surface area contributed by atoms with E-state index in [9.17, 15) is 4.79 Å². The number of hydrogen-bond acceptors (Lipinski definition) is 2. The predicted molar refractivity (Wildman–Crippen MR) is 114 cm³/mol. The van der Waals surface area contributed by atoms with Gasteiger partial charge in [-0.3, -0.25) is 4.79 Å². The minimum atomic E-state index is -1.43. The normalized spacial score (nSPS) is 41.7. The quantitative estimate of drug-likeness (QED) is 0.405. The molecule has 0 amide bonds. The molecule has 3 fully saturated rings. The largest absolute Gasteiger partial charge is 0.415 e. The maximum Gasteiger partial charge on any atom is 0.184 e. The Balaban J connectivity index is 1.53. The Hall–Kier alpha value is -0.413. The van der Waals surface area contributed by atoms with E-state index in [1.54, 1.807) is 0 Å². The van der Waals surface area contributed by atoms with Crippen LogP contribution in [0.4, 0.5) is 0 Å². The summed E-state index contributed by atoms with van der Waals surface area (Å²) in [4.78, 5) is 12.6. The number of allylic oxidation sites excluding steroid dienone is 2. The van der Waals surface area contributed by atoms with Gasteiger partial charge in [0.25, 0.3) is 0 Å². The lowest BCUT2D eigenvalue weighted by atomic mass is 9.54. The molecule has 6 atom stereocenters. The number of Topliss-reactive ketones (excluding diaryl/α,β-unsaturated/α-hetero) is 1. The van der Waals surface area contributed by atoms with E-state index in [1.165, 1.54) is 51.4 Å². The van der Waals surface area contributed by atoms with Crippen LogP contribution in [0, 0.1) is 29.1 Å². The van der Waals surface area contributed by atoms with Crippen molar-refractivity contribution in [1.29, 1.82) is 0 Å². The van der Waals surface area contributed by atoms with Crippen LogP contribution >= 0.6 is 0 Å². The van der Waals surface area contributed by atoms with Gasteiger partial charge in [-0.2, -0.15) is 0 Å². The van der Waals surface area contributed by atoms with Crippen molar-refractivity contribution >= 4 is 14.1 Å². The number of carbonyl (C=O) groups is 1. The summed E-state index contributed by atoms with van der Waals surface area (Å²) in [5.41, 5.74) is 3.98. The molecule has 0 aromatic heterocycles. The van der Waals surface area contributed by atoms with Gasteiger partial charge >= 0.3 is 0 Å². The van der Waals surface area contributed by atoms with E-state index in [0.29, 0.717) is 17.8 Å². The number of fused-ring (bicyclic) bond motifs is 4. The topological polar surface area (TPSA) is 26.3 Å². The summed E-state index contributed by atoms with van der Waals surface area (Å²) in [6, 6.07) is 0. The molecule has 4 rings (SSSR count). The molecule has 0 N–H and O–H groups in total. The molecule has 0 bridgehead atoms. The van der Waals surface area contributed by atoms with Gasteiger partial charge in [0.1, 0.15) is 5.78 Å². The first-order chi connectivity index (χ1) is 12.7. The van der Waals surface area contributed by atoms with Crippen molar-refractivity contribution in [3.63, 3.8) is 0 Å². The second-order valence-electron chi connectivity index (χ2n) is 11.1. The van der Waals surface area contributed by atoms with Crippen molar-refractivity contribution in [3.8, 4) is 0 Å². The minimum Gasteiger partial charge on any atom is -0.415 e. The molecule has 0 aromatic rings. The summed E-state index contributed by atoms with van der Waals surface area (Å²) in [5.74, 6) is 3.24. The fourth-order valence-corrected chi connectivity index (χ4v) is 8.68. The molecule has 4 aliphatic rings. The molecule has 0 aliphatic heterocycles. The van der Waals surface area contributed by atoms with E-state index in [1.807, 2.05) is 11.1 Å². The SMILES string of the molecule is CCC(=O)[C@H]1CC[C@H]2[C@@H]3CCC4CC(O[Si](C)(C)C)CCC4=C3CC[C@]12C. The van der Waals surface area contributed by atoms with Crippen LogP contribution in [0.2, 0.25) is 19.6 Å². The van der Waals surface area contributed by atoms with Crippen LogP contribution in [0.1, 0.15) is 78.1 Å². The Morgan fingerprint density at radius 1 is 1.07 bits per heavy atom. The van der Waals surface area contributed by atoms with E-state index in [-0.39, 0.29) is 5.41 Å². The van der Waals surface area contributed by atoms with Crippen molar-refractivity contribution in [2.24, 2.45) is 29.1 Å². The molecular formula is C24H40O2Si. The van der Waals surface area contributed by atoms with Gasteiger partial charge in [-0.1, -0.05) is 25.0 Å². The Kier molecular flexibility index (Phi) is 5.25. The van der Waals surface area contributed by atoms with Crippen LogP contribution in [0.15, 0.2) is 11.1 Å². The van der Waals surface area contributed by atoms with Crippen LogP contribution in [0.25, 0.3) is 0 Å². The molecular weight excluding hydrogens is 348 g/mol. The zero-order chi connectivity index (χ0) is 19.4. The first-order valence-corrected chi connectivity index (χ1v) is 15.1. The number of rotatable bonds is 4. The monoisotopic (exact) mass is 388 g/mol. The zero-order valence-electron chi connectivity index (χ0n) is 18.3. The van der Waals surface area contributed by atoms with E-state index in [2.05, 4.69) is 33.5 Å². The molecule has 0 saturated heterocycles. The Morgan fingerprint density at radius 2 is 1.85 bits per heavy atom. The maximum absolute atomic E-state index is 12.6. The van der Waals surface area contributed by atoms with Gasteiger partial charge in [-0.05, 0) is 101 Å². The van der Waals surface area contributed by atoms with Crippen molar-refractivity contribution < 1.29 is 9.22 Å². The number of hydrogen-bond donors (Lipinski definition) is 0. The maximum atomic E-state index is 12.6. The van der Waals surface area contributed by atoms with Crippen LogP contribution in [-0.4, -0.2) is 20.2 Å². The Bertz CT molecular complexity index is 631. The van der Waals surface area contributed by atoms with Gasteiger partial charge in [0, 0.05) is 18.4 Å². The van der Waals surface area contributed by atoms with Gasteiger partial charge in [0.05, 0.1) is 0 Å². The van der Waals surface area contributed by atoms with E-state index in [0.717, 1.165) is 30.6 Å². The predicted octanol–water partition coefficient (Wildman–Crippen LogP) is 6.52. The van der Waals surface area contributed by atoms with Gasteiger partial charge in [-0.25, -0.2) is 0 Å². The molecule has 3 saturated carbocycles. The third-order valence-corrected chi connectivity index (χ3v) is 9.59. The van der Waals surface area contributed by atoms with Crippen molar-refractivity contribution in [2.75, 3.05) is 0 Å². The molecule has 3 heteroatoms. The summed E-state index contributed by atoms with van der Waals surface area (Å²) in [6.45, 7) is 11.5. The highest BCUT2D eigenvalue weighted by Crippen LogP contribution is 2.62. The first-order valence-electron chi connectivity index (χ1n) is 11.6. The second kappa shape index (κ2) is 7.13.